The Morgan fingerprint density at radius 3 is 2.91 bits per heavy atom. The first-order chi connectivity index (χ1) is 10.7. The zero-order valence-electron chi connectivity index (χ0n) is 12.6. The normalized spacial score (nSPS) is 14.9. The van der Waals surface area contributed by atoms with Crippen molar-refractivity contribution in [3.8, 4) is 0 Å². The zero-order chi connectivity index (χ0) is 15.5. The van der Waals surface area contributed by atoms with Crippen molar-refractivity contribution in [3.63, 3.8) is 0 Å². The molecule has 0 saturated carbocycles. The van der Waals surface area contributed by atoms with Crippen LogP contribution in [0.1, 0.15) is 36.1 Å². The number of amides is 1. The minimum atomic E-state index is 0.0547. The average Bonchev–Trinajstić information content (AvgIpc) is 2.55. The molecular weight excluding hydrogens is 276 g/mol. The second-order valence-electron chi connectivity index (χ2n) is 5.69. The third-order valence-electron chi connectivity index (χ3n) is 4.02. The lowest BCUT2D eigenvalue weighted by molar-refractivity contribution is -0.116. The molecule has 22 heavy (non-hydrogen) atoms. The van der Waals surface area contributed by atoms with E-state index in [4.69, 9.17) is 0 Å². The Kier molecular flexibility index (Phi) is 4.11. The van der Waals surface area contributed by atoms with E-state index < -0.39 is 0 Å². The van der Waals surface area contributed by atoms with Crippen molar-refractivity contribution in [1.82, 2.24) is 0 Å². The number of aliphatic hydroxyl groups is 1. The molecule has 0 aliphatic carbocycles. The molecule has 3 rings (SSSR count). The molecule has 4 heteroatoms. The van der Waals surface area contributed by atoms with Crippen LogP contribution < -0.4 is 10.6 Å². The van der Waals surface area contributed by atoms with Crippen LogP contribution in [0.4, 0.5) is 11.4 Å². The summed E-state index contributed by atoms with van der Waals surface area (Å²) in [4.78, 5) is 11.4. The fourth-order valence-corrected chi connectivity index (χ4v) is 2.77. The first-order valence-corrected chi connectivity index (χ1v) is 7.55. The number of hydrogen-bond acceptors (Lipinski definition) is 3. The third-order valence-corrected chi connectivity index (χ3v) is 4.02. The molecule has 1 unspecified atom stereocenters. The molecule has 114 valence electrons. The van der Waals surface area contributed by atoms with Crippen molar-refractivity contribution in [2.24, 2.45) is 0 Å². The molecule has 0 fully saturated rings. The maximum Gasteiger partial charge on any atom is 0.224 e. The lowest BCUT2D eigenvalue weighted by Gasteiger charge is -2.20. The maximum atomic E-state index is 11.4. The van der Waals surface area contributed by atoms with Gasteiger partial charge in [0, 0.05) is 23.8 Å². The quantitative estimate of drug-likeness (QED) is 0.811. The maximum absolute atomic E-state index is 11.4. The Morgan fingerprint density at radius 1 is 1.23 bits per heavy atom. The number of aryl methyl sites for hydroxylation is 1. The highest BCUT2D eigenvalue weighted by Gasteiger charge is 2.15. The number of carbonyl (C=O) groups is 1. The van der Waals surface area contributed by atoms with E-state index in [0.717, 1.165) is 28.9 Å². The van der Waals surface area contributed by atoms with Crippen LogP contribution in [0.2, 0.25) is 0 Å². The monoisotopic (exact) mass is 296 g/mol. The van der Waals surface area contributed by atoms with Gasteiger partial charge in [-0.05, 0) is 48.2 Å². The summed E-state index contributed by atoms with van der Waals surface area (Å²) < 4.78 is 0. The Morgan fingerprint density at radius 2 is 2.09 bits per heavy atom. The zero-order valence-corrected chi connectivity index (χ0v) is 12.6. The fraction of sp³-hybridized carbons (Fsp3) is 0.278. The van der Waals surface area contributed by atoms with Gasteiger partial charge in [0.15, 0.2) is 0 Å². The minimum absolute atomic E-state index is 0.0547. The highest BCUT2D eigenvalue weighted by atomic mass is 16.3. The highest BCUT2D eigenvalue weighted by Crippen LogP contribution is 2.28. The van der Waals surface area contributed by atoms with Gasteiger partial charge in [0.1, 0.15) is 0 Å². The van der Waals surface area contributed by atoms with Crippen LogP contribution in [-0.2, 0) is 17.8 Å². The fourth-order valence-electron chi connectivity index (χ4n) is 2.77. The van der Waals surface area contributed by atoms with Crippen molar-refractivity contribution in [3.05, 3.63) is 59.2 Å². The Bertz CT molecular complexity index is 697. The third kappa shape index (κ3) is 3.12. The molecule has 0 radical (unpaired) electrons. The van der Waals surface area contributed by atoms with E-state index in [1.807, 2.05) is 30.3 Å². The number of carbonyl (C=O) groups excluding carboxylic acids is 1. The van der Waals surface area contributed by atoms with Crippen LogP contribution >= 0.6 is 0 Å². The second-order valence-corrected chi connectivity index (χ2v) is 5.69. The van der Waals surface area contributed by atoms with E-state index in [0.29, 0.717) is 6.42 Å². The summed E-state index contributed by atoms with van der Waals surface area (Å²) in [6, 6.07) is 14.1. The minimum Gasteiger partial charge on any atom is -0.392 e. The Labute approximate surface area is 130 Å². The molecule has 0 bridgehead atoms. The molecule has 1 aliphatic heterocycles. The van der Waals surface area contributed by atoms with Crippen molar-refractivity contribution >= 4 is 17.3 Å². The summed E-state index contributed by atoms with van der Waals surface area (Å²) in [6.07, 6.45) is 1.33. The predicted octanol–water partition coefficient (Wildman–Crippen LogP) is 3.24. The molecule has 1 amide bonds. The number of nitrogens with one attached hydrogen (secondary N) is 2. The SMILES string of the molecule is CC(Nc1ccc2c(c1)CCC(=O)N2)c1cccc(CO)c1. The molecule has 2 aromatic carbocycles. The van der Waals surface area contributed by atoms with Gasteiger partial charge in [-0.15, -0.1) is 0 Å². The Hall–Kier alpha value is -2.33. The molecule has 0 aromatic heterocycles. The van der Waals surface area contributed by atoms with Crippen molar-refractivity contribution in [2.75, 3.05) is 10.6 Å². The van der Waals surface area contributed by atoms with Crippen LogP contribution in [0.25, 0.3) is 0 Å². The topological polar surface area (TPSA) is 61.4 Å². The van der Waals surface area contributed by atoms with Gasteiger partial charge in [-0.25, -0.2) is 0 Å². The van der Waals surface area contributed by atoms with Gasteiger partial charge in [-0.3, -0.25) is 4.79 Å². The first-order valence-electron chi connectivity index (χ1n) is 7.55. The lowest BCUT2D eigenvalue weighted by Crippen LogP contribution is -2.19. The number of aliphatic hydroxyl groups excluding tert-OH is 1. The summed E-state index contributed by atoms with van der Waals surface area (Å²) in [5, 5.41) is 15.6. The number of rotatable bonds is 4. The number of fused-ring (bicyclic) bond motifs is 1. The van der Waals surface area contributed by atoms with E-state index in [-0.39, 0.29) is 18.6 Å². The van der Waals surface area contributed by atoms with Gasteiger partial charge in [0.25, 0.3) is 0 Å². The van der Waals surface area contributed by atoms with Crippen LogP contribution in [0.15, 0.2) is 42.5 Å². The molecule has 1 aliphatic rings. The van der Waals surface area contributed by atoms with E-state index in [1.165, 1.54) is 5.56 Å². The Balaban J connectivity index is 1.76. The summed E-state index contributed by atoms with van der Waals surface area (Å²) in [5.41, 5.74) is 5.17. The lowest BCUT2D eigenvalue weighted by atomic mass is 10.0. The van der Waals surface area contributed by atoms with Crippen molar-refractivity contribution < 1.29 is 9.90 Å². The van der Waals surface area contributed by atoms with Crippen LogP contribution in [-0.4, -0.2) is 11.0 Å². The smallest absolute Gasteiger partial charge is 0.224 e. The number of benzene rings is 2. The van der Waals surface area contributed by atoms with Gasteiger partial charge >= 0.3 is 0 Å². The molecule has 1 heterocycles. The van der Waals surface area contributed by atoms with Crippen LogP contribution in [0.3, 0.4) is 0 Å². The van der Waals surface area contributed by atoms with Gasteiger partial charge < -0.3 is 15.7 Å². The predicted molar refractivity (Wildman–Crippen MR) is 87.8 cm³/mol. The second kappa shape index (κ2) is 6.20. The van der Waals surface area contributed by atoms with Gasteiger partial charge in [0.05, 0.1) is 6.61 Å². The summed E-state index contributed by atoms with van der Waals surface area (Å²) in [5.74, 6) is 0.0856. The molecule has 0 saturated heterocycles. The van der Waals surface area contributed by atoms with Crippen molar-refractivity contribution in [1.29, 1.82) is 0 Å². The van der Waals surface area contributed by atoms with Crippen molar-refractivity contribution in [2.45, 2.75) is 32.4 Å². The average molecular weight is 296 g/mol. The standard InChI is InChI=1S/C18H20N2O2/c1-12(14-4-2-3-13(9-14)11-21)19-16-6-7-17-15(10-16)5-8-18(22)20-17/h2-4,6-7,9-10,12,19,21H,5,8,11H2,1H3,(H,20,22). The molecule has 1 atom stereocenters. The molecule has 3 N–H and O–H groups in total. The van der Waals surface area contributed by atoms with Crippen LogP contribution in [0, 0.1) is 0 Å². The summed E-state index contributed by atoms with van der Waals surface area (Å²) in [6.45, 7) is 2.15. The first kappa shape index (κ1) is 14.6. The van der Waals surface area contributed by atoms with E-state index in [2.05, 4.69) is 29.7 Å². The van der Waals surface area contributed by atoms with Crippen LogP contribution in [0.5, 0.6) is 0 Å². The number of hydrogen-bond donors (Lipinski definition) is 3. The van der Waals surface area contributed by atoms with E-state index >= 15 is 0 Å². The summed E-state index contributed by atoms with van der Waals surface area (Å²) >= 11 is 0. The number of anilines is 2. The van der Waals surface area contributed by atoms with E-state index in [9.17, 15) is 9.90 Å². The largest absolute Gasteiger partial charge is 0.392 e. The molecule has 0 spiro atoms. The molecular formula is C18H20N2O2. The van der Waals surface area contributed by atoms with Gasteiger partial charge in [-0.2, -0.15) is 0 Å². The molecule has 2 aromatic rings. The van der Waals surface area contributed by atoms with Gasteiger partial charge in [-0.1, -0.05) is 24.3 Å². The van der Waals surface area contributed by atoms with Gasteiger partial charge in [0.2, 0.25) is 5.91 Å². The summed E-state index contributed by atoms with van der Waals surface area (Å²) in [7, 11) is 0. The highest BCUT2D eigenvalue weighted by molar-refractivity contribution is 5.94. The molecule has 4 nitrogen and oxygen atoms in total. The van der Waals surface area contributed by atoms with E-state index in [1.54, 1.807) is 0 Å².